The van der Waals surface area contributed by atoms with Crippen LogP contribution in [0.25, 0.3) is 0 Å². The molecule has 0 saturated heterocycles. The number of carbonyl (C=O) groups excluding carboxylic acids is 2. The third kappa shape index (κ3) is 18.3. The lowest BCUT2D eigenvalue weighted by Crippen LogP contribution is -2.26. The minimum absolute atomic E-state index is 0.0992. The standard InChI is InChI=1S/C35H62N2O3/c1-4-7-10-13-14-15-16-17-18-21-24-29-40-33-30-31(34(38)36-27-22-19-11-8-5-2)25-26-32(33)35(39)37-28-23-20-12-9-6-3/h25-26,30H,4-24,27-29H2,1-3H3,(H,36,38)(H,37,39). The lowest BCUT2D eigenvalue weighted by molar-refractivity contribution is 0.0937. The van der Waals surface area contributed by atoms with Gasteiger partial charge in [-0.3, -0.25) is 9.59 Å². The van der Waals surface area contributed by atoms with Gasteiger partial charge in [0.25, 0.3) is 11.8 Å². The first-order valence-corrected chi connectivity index (χ1v) is 17.0. The highest BCUT2D eigenvalue weighted by Gasteiger charge is 2.16. The Labute approximate surface area is 247 Å². The molecule has 0 aliphatic heterocycles. The van der Waals surface area contributed by atoms with E-state index >= 15 is 0 Å². The van der Waals surface area contributed by atoms with Crippen LogP contribution in [0.1, 0.15) is 176 Å². The van der Waals surface area contributed by atoms with Crippen molar-refractivity contribution in [2.45, 2.75) is 156 Å². The summed E-state index contributed by atoms with van der Waals surface area (Å²) in [6.07, 6.45) is 25.7. The number of unbranched alkanes of at least 4 members (excludes halogenated alkanes) is 18. The number of benzene rings is 1. The SMILES string of the molecule is CCCCCCCCCCCCCOc1cc(C(=O)NCCCCCCC)ccc1C(=O)NCCCCCCC. The molecule has 0 aliphatic rings. The predicted octanol–water partition coefficient (Wildman–Crippen LogP) is 9.78. The summed E-state index contributed by atoms with van der Waals surface area (Å²) in [6.45, 7) is 8.59. The molecule has 0 unspecified atom stereocenters. The van der Waals surface area contributed by atoms with Crippen LogP contribution in [0, 0.1) is 0 Å². The smallest absolute Gasteiger partial charge is 0.255 e. The van der Waals surface area contributed by atoms with Gasteiger partial charge in [0.05, 0.1) is 12.2 Å². The average molecular weight is 559 g/mol. The fourth-order valence-corrected chi connectivity index (χ4v) is 4.98. The Hall–Kier alpha value is -2.04. The van der Waals surface area contributed by atoms with E-state index in [-0.39, 0.29) is 11.8 Å². The molecule has 0 atom stereocenters. The monoisotopic (exact) mass is 558 g/mol. The van der Waals surface area contributed by atoms with Gasteiger partial charge in [0.15, 0.2) is 0 Å². The topological polar surface area (TPSA) is 67.4 Å². The van der Waals surface area contributed by atoms with Crippen LogP contribution in [0.4, 0.5) is 0 Å². The Kier molecular flexibility index (Phi) is 23.3. The predicted molar refractivity (Wildman–Crippen MR) is 171 cm³/mol. The van der Waals surface area contributed by atoms with Crippen molar-refractivity contribution in [1.29, 1.82) is 0 Å². The first kappa shape index (κ1) is 36.0. The van der Waals surface area contributed by atoms with E-state index < -0.39 is 0 Å². The maximum Gasteiger partial charge on any atom is 0.255 e. The molecule has 5 nitrogen and oxygen atoms in total. The van der Waals surface area contributed by atoms with Crippen molar-refractivity contribution in [3.63, 3.8) is 0 Å². The number of amides is 2. The normalized spacial score (nSPS) is 11.0. The first-order valence-electron chi connectivity index (χ1n) is 17.0. The molecule has 230 valence electrons. The summed E-state index contributed by atoms with van der Waals surface area (Å²) in [5, 5.41) is 6.08. The minimum atomic E-state index is -0.118. The van der Waals surface area contributed by atoms with Crippen LogP contribution >= 0.6 is 0 Å². The molecule has 0 spiro atoms. The molecule has 0 aliphatic carbocycles. The van der Waals surface area contributed by atoms with Crippen LogP contribution in [-0.4, -0.2) is 31.5 Å². The summed E-state index contributed by atoms with van der Waals surface area (Å²) in [5.74, 6) is 0.302. The van der Waals surface area contributed by atoms with Gasteiger partial charge in [-0.15, -0.1) is 0 Å². The van der Waals surface area contributed by atoms with Gasteiger partial charge in [0, 0.05) is 18.7 Å². The molecule has 2 N–H and O–H groups in total. The molecule has 0 aromatic heterocycles. The molecule has 1 aromatic rings. The van der Waals surface area contributed by atoms with Gasteiger partial charge in [-0.05, 0) is 37.5 Å². The van der Waals surface area contributed by atoms with E-state index in [1.165, 1.54) is 96.3 Å². The summed E-state index contributed by atoms with van der Waals surface area (Å²) in [7, 11) is 0. The molecule has 1 aromatic carbocycles. The van der Waals surface area contributed by atoms with Gasteiger partial charge >= 0.3 is 0 Å². The van der Waals surface area contributed by atoms with Crippen molar-refractivity contribution in [2.75, 3.05) is 19.7 Å². The van der Waals surface area contributed by atoms with Crippen LogP contribution in [0.5, 0.6) is 5.75 Å². The second-order valence-electron chi connectivity index (χ2n) is 11.4. The van der Waals surface area contributed by atoms with Gasteiger partial charge in [0.1, 0.15) is 5.75 Å². The Balaban J connectivity index is 2.54. The zero-order valence-electron chi connectivity index (χ0n) is 26.4. The van der Waals surface area contributed by atoms with Crippen LogP contribution in [0.2, 0.25) is 0 Å². The number of carbonyl (C=O) groups is 2. The summed E-state index contributed by atoms with van der Waals surface area (Å²) >= 11 is 0. The molecule has 0 heterocycles. The number of hydrogen-bond acceptors (Lipinski definition) is 3. The van der Waals surface area contributed by atoms with Crippen molar-refractivity contribution >= 4 is 11.8 Å². The Morgan fingerprint density at radius 3 is 1.48 bits per heavy atom. The Morgan fingerprint density at radius 1 is 0.550 bits per heavy atom. The second kappa shape index (κ2) is 25.9. The molecule has 2 amide bonds. The van der Waals surface area contributed by atoms with Crippen LogP contribution in [0.3, 0.4) is 0 Å². The second-order valence-corrected chi connectivity index (χ2v) is 11.4. The van der Waals surface area contributed by atoms with E-state index in [1.807, 2.05) is 0 Å². The number of nitrogens with one attached hydrogen (secondary N) is 2. The Morgan fingerprint density at radius 2 is 0.975 bits per heavy atom. The summed E-state index contributed by atoms with van der Waals surface area (Å²) in [4.78, 5) is 25.7. The van der Waals surface area contributed by atoms with E-state index in [9.17, 15) is 9.59 Å². The van der Waals surface area contributed by atoms with E-state index in [0.717, 1.165) is 38.5 Å². The highest BCUT2D eigenvalue weighted by Crippen LogP contribution is 2.22. The van der Waals surface area contributed by atoms with E-state index in [1.54, 1.807) is 18.2 Å². The lowest BCUT2D eigenvalue weighted by atomic mass is 10.1. The maximum absolute atomic E-state index is 13.0. The minimum Gasteiger partial charge on any atom is -0.493 e. The van der Waals surface area contributed by atoms with E-state index in [2.05, 4.69) is 31.4 Å². The zero-order chi connectivity index (χ0) is 29.1. The van der Waals surface area contributed by atoms with Crippen molar-refractivity contribution in [2.24, 2.45) is 0 Å². The first-order chi connectivity index (χ1) is 19.6. The third-order valence-electron chi connectivity index (χ3n) is 7.63. The van der Waals surface area contributed by atoms with Crippen LogP contribution < -0.4 is 15.4 Å². The average Bonchev–Trinajstić information content (AvgIpc) is 2.97. The summed E-state index contributed by atoms with van der Waals surface area (Å²) in [6, 6.07) is 5.25. The molecule has 5 heteroatoms. The fraction of sp³-hybridized carbons (Fsp3) is 0.771. The molecule has 0 radical (unpaired) electrons. The zero-order valence-corrected chi connectivity index (χ0v) is 26.4. The highest BCUT2D eigenvalue weighted by molar-refractivity contribution is 6.00. The molecule has 40 heavy (non-hydrogen) atoms. The number of hydrogen-bond donors (Lipinski definition) is 2. The Bertz CT molecular complexity index is 765. The van der Waals surface area contributed by atoms with E-state index in [4.69, 9.17) is 4.74 Å². The molecule has 0 saturated carbocycles. The van der Waals surface area contributed by atoms with Crippen LogP contribution in [0.15, 0.2) is 18.2 Å². The van der Waals surface area contributed by atoms with Crippen molar-refractivity contribution in [1.82, 2.24) is 10.6 Å². The van der Waals surface area contributed by atoms with E-state index in [0.29, 0.717) is 36.6 Å². The van der Waals surface area contributed by atoms with Crippen molar-refractivity contribution in [3.8, 4) is 5.75 Å². The largest absolute Gasteiger partial charge is 0.493 e. The summed E-state index contributed by atoms with van der Waals surface area (Å²) < 4.78 is 6.12. The van der Waals surface area contributed by atoms with Gasteiger partial charge in [-0.1, -0.05) is 136 Å². The van der Waals surface area contributed by atoms with Crippen LogP contribution in [-0.2, 0) is 0 Å². The fourth-order valence-electron chi connectivity index (χ4n) is 4.98. The van der Waals surface area contributed by atoms with Gasteiger partial charge in [-0.25, -0.2) is 0 Å². The summed E-state index contributed by atoms with van der Waals surface area (Å²) in [5.41, 5.74) is 1.08. The number of ether oxygens (including phenoxy) is 1. The van der Waals surface area contributed by atoms with Gasteiger partial charge in [-0.2, -0.15) is 0 Å². The van der Waals surface area contributed by atoms with Crippen molar-refractivity contribution in [3.05, 3.63) is 29.3 Å². The molecule has 0 fully saturated rings. The molecule has 1 rings (SSSR count). The quantitative estimate of drug-likeness (QED) is 0.106. The van der Waals surface area contributed by atoms with Gasteiger partial charge < -0.3 is 15.4 Å². The molecular formula is C35H62N2O3. The number of rotatable bonds is 27. The molecular weight excluding hydrogens is 496 g/mol. The van der Waals surface area contributed by atoms with Crippen molar-refractivity contribution < 1.29 is 14.3 Å². The molecule has 0 bridgehead atoms. The highest BCUT2D eigenvalue weighted by atomic mass is 16.5. The maximum atomic E-state index is 13.0. The lowest BCUT2D eigenvalue weighted by Gasteiger charge is -2.14. The third-order valence-corrected chi connectivity index (χ3v) is 7.63. The van der Waals surface area contributed by atoms with Gasteiger partial charge in [0.2, 0.25) is 0 Å².